The second kappa shape index (κ2) is 8.95. The Morgan fingerprint density at radius 3 is 2.77 bits per heavy atom. The molecule has 1 N–H and O–H groups in total. The van der Waals surface area contributed by atoms with E-state index < -0.39 is 0 Å². The molecule has 2 aromatic carbocycles. The van der Waals surface area contributed by atoms with Crippen LogP contribution in [0.15, 0.2) is 42.6 Å². The van der Waals surface area contributed by atoms with Crippen molar-refractivity contribution in [3.05, 3.63) is 53.7 Å². The molecule has 0 unspecified atom stereocenters. The summed E-state index contributed by atoms with van der Waals surface area (Å²) in [6.45, 7) is 8.49. The molecule has 0 spiro atoms. The van der Waals surface area contributed by atoms with Gasteiger partial charge in [0.1, 0.15) is 13.2 Å². The predicted molar refractivity (Wildman–Crippen MR) is 125 cm³/mol. The van der Waals surface area contributed by atoms with Gasteiger partial charge in [-0.05, 0) is 56.1 Å². The van der Waals surface area contributed by atoms with Crippen molar-refractivity contribution in [1.29, 1.82) is 0 Å². The van der Waals surface area contributed by atoms with Gasteiger partial charge in [-0.15, -0.1) is 5.92 Å². The number of hydrogen-bond acceptors (Lipinski definition) is 4. The zero-order chi connectivity index (χ0) is 21.0. The van der Waals surface area contributed by atoms with E-state index in [0.29, 0.717) is 13.2 Å². The molecule has 0 aliphatic carbocycles. The van der Waals surface area contributed by atoms with Crippen molar-refractivity contribution < 1.29 is 9.47 Å². The van der Waals surface area contributed by atoms with Crippen LogP contribution in [0.2, 0.25) is 0 Å². The molecule has 1 aromatic heterocycles. The van der Waals surface area contributed by atoms with Crippen molar-refractivity contribution in [2.75, 3.05) is 50.8 Å². The number of nitrogens with one attached hydrogen (secondary N) is 1. The summed E-state index contributed by atoms with van der Waals surface area (Å²) in [5.41, 5.74) is 4.81. The molecular formula is C26H29N3O2. The zero-order valence-corrected chi connectivity index (χ0v) is 18.1. The topological polar surface area (TPSA) is 40.7 Å². The van der Waals surface area contributed by atoms with Crippen LogP contribution in [-0.2, 0) is 6.42 Å². The van der Waals surface area contributed by atoms with Gasteiger partial charge in [-0.2, -0.15) is 0 Å². The fourth-order valence-electron chi connectivity index (χ4n) is 4.59. The molecule has 5 rings (SSSR count). The van der Waals surface area contributed by atoms with Crippen LogP contribution in [0.25, 0.3) is 10.9 Å². The Balaban J connectivity index is 1.15. The van der Waals surface area contributed by atoms with E-state index in [1.165, 1.54) is 23.1 Å². The van der Waals surface area contributed by atoms with Gasteiger partial charge in [0.15, 0.2) is 11.5 Å². The Hall–Kier alpha value is -3.10. The molecule has 2 aliphatic heterocycles. The lowest BCUT2D eigenvalue weighted by Crippen LogP contribution is -2.46. The maximum absolute atomic E-state index is 5.91. The Morgan fingerprint density at radius 2 is 1.90 bits per heavy atom. The van der Waals surface area contributed by atoms with Gasteiger partial charge in [0.05, 0.1) is 5.69 Å². The molecule has 5 heteroatoms. The maximum Gasteiger partial charge on any atom is 0.184 e. The van der Waals surface area contributed by atoms with Crippen LogP contribution in [0.4, 0.5) is 5.69 Å². The molecule has 3 heterocycles. The molecule has 3 aromatic rings. The highest BCUT2D eigenvalue weighted by atomic mass is 16.6. The Bertz CT molecular complexity index is 1120. The fourth-order valence-corrected chi connectivity index (χ4v) is 4.59. The number of H-pyrrole nitrogens is 1. The number of anilines is 1. The van der Waals surface area contributed by atoms with E-state index >= 15 is 0 Å². The van der Waals surface area contributed by atoms with Crippen LogP contribution < -0.4 is 14.4 Å². The monoisotopic (exact) mass is 415 g/mol. The summed E-state index contributed by atoms with van der Waals surface area (Å²) >= 11 is 0. The van der Waals surface area contributed by atoms with Gasteiger partial charge in [0, 0.05) is 48.8 Å². The van der Waals surface area contributed by atoms with E-state index in [2.05, 4.69) is 57.0 Å². The lowest BCUT2D eigenvalue weighted by Gasteiger charge is -2.37. The van der Waals surface area contributed by atoms with Crippen LogP contribution in [-0.4, -0.2) is 55.8 Å². The number of rotatable bonds is 5. The summed E-state index contributed by atoms with van der Waals surface area (Å²) in [4.78, 5) is 8.32. The Kier molecular flexibility index (Phi) is 5.73. The zero-order valence-electron chi connectivity index (χ0n) is 18.1. The number of aryl methyl sites for hydroxylation is 1. The first kappa shape index (κ1) is 19.8. The van der Waals surface area contributed by atoms with Gasteiger partial charge in [-0.3, -0.25) is 4.90 Å². The quantitative estimate of drug-likeness (QED) is 0.638. The minimum Gasteiger partial charge on any atom is -0.486 e. The molecular weight excluding hydrogens is 386 g/mol. The van der Waals surface area contributed by atoms with E-state index in [9.17, 15) is 0 Å². The van der Waals surface area contributed by atoms with Crippen molar-refractivity contribution in [1.82, 2.24) is 9.88 Å². The van der Waals surface area contributed by atoms with E-state index in [1.807, 2.05) is 19.2 Å². The molecule has 2 aliphatic rings. The van der Waals surface area contributed by atoms with Crippen LogP contribution in [0, 0.1) is 11.8 Å². The molecule has 1 fully saturated rings. The van der Waals surface area contributed by atoms with Gasteiger partial charge in [0.25, 0.3) is 0 Å². The summed E-state index contributed by atoms with van der Waals surface area (Å²) in [5.74, 6) is 7.98. The number of piperazine rings is 1. The second-order valence-electron chi connectivity index (χ2n) is 8.19. The lowest BCUT2D eigenvalue weighted by molar-refractivity contribution is 0.171. The standard InChI is InChI=1S/C26H29N3O2/c1-2-5-21-19-27-23-10-9-20(18-22(21)23)6-4-11-28-12-14-29(15-13-28)24-7-3-8-25-26(24)31-17-16-30-25/h3,7-10,18-19,27H,4,6,11-17H2,1H3. The van der Waals surface area contributed by atoms with E-state index in [-0.39, 0.29) is 0 Å². The third-order valence-corrected chi connectivity index (χ3v) is 6.20. The summed E-state index contributed by atoms with van der Waals surface area (Å²) in [6.07, 6.45) is 4.27. The lowest BCUT2D eigenvalue weighted by atomic mass is 10.1. The largest absolute Gasteiger partial charge is 0.486 e. The minimum atomic E-state index is 0.630. The summed E-state index contributed by atoms with van der Waals surface area (Å²) < 4.78 is 11.6. The number of hydrogen-bond donors (Lipinski definition) is 1. The normalized spacial score (nSPS) is 16.2. The number of aromatic nitrogens is 1. The summed E-state index contributed by atoms with van der Waals surface area (Å²) in [7, 11) is 0. The van der Waals surface area contributed by atoms with Crippen LogP contribution in [0.3, 0.4) is 0 Å². The SMILES string of the molecule is CC#Cc1c[nH]c2ccc(CCCN3CCN(c4cccc5c4OCCO5)CC3)cc12. The summed E-state index contributed by atoms with van der Waals surface area (Å²) in [5, 5.41) is 1.23. The van der Waals surface area contributed by atoms with Crippen molar-refractivity contribution >= 4 is 16.6 Å². The van der Waals surface area contributed by atoms with E-state index in [4.69, 9.17) is 9.47 Å². The van der Waals surface area contributed by atoms with Gasteiger partial charge in [0.2, 0.25) is 0 Å². The molecule has 0 saturated carbocycles. The number of nitrogens with zero attached hydrogens (tertiary/aromatic N) is 2. The van der Waals surface area contributed by atoms with Crippen molar-refractivity contribution in [2.45, 2.75) is 19.8 Å². The first-order valence-electron chi connectivity index (χ1n) is 11.2. The molecule has 160 valence electrons. The highest BCUT2D eigenvalue weighted by molar-refractivity contribution is 5.86. The molecule has 1 saturated heterocycles. The van der Waals surface area contributed by atoms with Crippen LogP contribution >= 0.6 is 0 Å². The van der Waals surface area contributed by atoms with Crippen molar-refractivity contribution in [2.24, 2.45) is 0 Å². The Labute approximate surface area is 183 Å². The highest BCUT2D eigenvalue weighted by Gasteiger charge is 2.23. The van der Waals surface area contributed by atoms with Gasteiger partial charge in [-0.1, -0.05) is 18.1 Å². The van der Waals surface area contributed by atoms with Crippen molar-refractivity contribution in [3.8, 4) is 23.3 Å². The average Bonchev–Trinajstić information content (AvgIpc) is 3.22. The first-order chi connectivity index (χ1) is 15.3. The summed E-state index contributed by atoms with van der Waals surface area (Å²) in [6, 6.07) is 12.9. The van der Waals surface area contributed by atoms with Gasteiger partial charge < -0.3 is 19.4 Å². The van der Waals surface area contributed by atoms with Crippen LogP contribution in [0.5, 0.6) is 11.5 Å². The molecule has 0 radical (unpaired) electrons. The first-order valence-corrected chi connectivity index (χ1v) is 11.2. The third-order valence-electron chi connectivity index (χ3n) is 6.20. The fraction of sp³-hybridized carbons (Fsp3) is 0.385. The number of benzene rings is 2. The van der Waals surface area contributed by atoms with Crippen LogP contribution in [0.1, 0.15) is 24.5 Å². The van der Waals surface area contributed by atoms with Gasteiger partial charge >= 0.3 is 0 Å². The molecule has 31 heavy (non-hydrogen) atoms. The molecule has 0 amide bonds. The number of aromatic amines is 1. The number of fused-ring (bicyclic) bond motifs is 2. The predicted octanol–water partition coefficient (Wildman–Crippen LogP) is 4.07. The van der Waals surface area contributed by atoms with E-state index in [0.717, 1.165) is 61.7 Å². The van der Waals surface area contributed by atoms with E-state index in [1.54, 1.807) is 0 Å². The third kappa shape index (κ3) is 4.22. The number of para-hydroxylation sites is 1. The average molecular weight is 416 g/mol. The second-order valence-corrected chi connectivity index (χ2v) is 8.19. The van der Waals surface area contributed by atoms with Gasteiger partial charge in [-0.25, -0.2) is 0 Å². The van der Waals surface area contributed by atoms with Crippen molar-refractivity contribution in [3.63, 3.8) is 0 Å². The number of ether oxygens (including phenoxy) is 2. The minimum absolute atomic E-state index is 0.630. The molecule has 0 atom stereocenters. The maximum atomic E-state index is 5.91. The smallest absolute Gasteiger partial charge is 0.184 e. The highest BCUT2D eigenvalue weighted by Crippen LogP contribution is 2.39. The molecule has 5 nitrogen and oxygen atoms in total. The Morgan fingerprint density at radius 1 is 1.03 bits per heavy atom. The molecule has 0 bridgehead atoms.